The maximum atomic E-state index is 13.1. The molecule has 2 atom stereocenters. The number of alkyl halides is 3. The fraction of sp³-hybridized carbons (Fsp3) is 0.731. The molecule has 0 bridgehead atoms. The summed E-state index contributed by atoms with van der Waals surface area (Å²) < 4.78 is 51.2. The van der Waals surface area contributed by atoms with Crippen molar-refractivity contribution in [3.63, 3.8) is 0 Å². The predicted molar refractivity (Wildman–Crippen MR) is 148 cm³/mol. The molecule has 12 heteroatoms. The van der Waals surface area contributed by atoms with Crippen LogP contribution in [-0.2, 0) is 15.6 Å². The minimum Gasteiger partial charge on any atom is -0.444 e. The van der Waals surface area contributed by atoms with E-state index in [0.29, 0.717) is 35.6 Å². The van der Waals surface area contributed by atoms with Crippen molar-refractivity contribution < 1.29 is 27.1 Å². The summed E-state index contributed by atoms with van der Waals surface area (Å²) in [5, 5.41) is 3.64. The molecule has 0 spiro atoms. The third-order valence-electron chi connectivity index (χ3n) is 7.17. The summed E-state index contributed by atoms with van der Waals surface area (Å²) in [5.41, 5.74) is -0.588. The lowest BCUT2D eigenvalue weighted by molar-refractivity contribution is -0.126. The number of alkyl carbamates (subject to hydrolysis) is 1. The van der Waals surface area contributed by atoms with Gasteiger partial charge in [-0.2, -0.15) is 13.2 Å². The Bertz CT molecular complexity index is 1110. The van der Waals surface area contributed by atoms with Gasteiger partial charge in [-0.15, -0.1) is 11.3 Å². The van der Waals surface area contributed by atoms with Gasteiger partial charge in [-0.05, 0) is 64.2 Å². The number of ether oxygens (including phenoxy) is 1. The van der Waals surface area contributed by atoms with Crippen molar-refractivity contribution in [1.29, 1.82) is 0 Å². The van der Waals surface area contributed by atoms with Crippen LogP contribution in [0.2, 0.25) is 18.1 Å². The van der Waals surface area contributed by atoms with Crippen molar-refractivity contribution in [2.45, 2.75) is 109 Å². The minimum absolute atomic E-state index is 0.0296. The van der Waals surface area contributed by atoms with Crippen molar-refractivity contribution in [3.8, 4) is 0 Å². The summed E-state index contributed by atoms with van der Waals surface area (Å²) in [5.74, 6) is 0.612. The smallest absolute Gasteiger partial charge is 0.407 e. The van der Waals surface area contributed by atoms with E-state index in [1.807, 2.05) is 20.8 Å². The molecule has 0 saturated heterocycles. The number of hydrogen-bond acceptors (Lipinski definition) is 7. The van der Waals surface area contributed by atoms with Crippen molar-refractivity contribution >= 4 is 41.8 Å². The van der Waals surface area contributed by atoms with Crippen LogP contribution in [0.15, 0.2) is 12.4 Å². The summed E-state index contributed by atoms with van der Waals surface area (Å²) in [6.45, 7) is 17.4. The van der Waals surface area contributed by atoms with Crippen LogP contribution in [-0.4, -0.2) is 61.4 Å². The maximum Gasteiger partial charge on any atom is 0.407 e. The van der Waals surface area contributed by atoms with Gasteiger partial charge < -0.3 is 19.4 Å². The van der Waals surface area contributed by atoms with Gasteiger partial charge in [0, 0.05) is 23.5 Å². The maximum absolute atomic E-state index is 13.1. The molecule has 1 aliphatic rings. The zero-order valence-corrected chi connectivity index (χ0v) is 25.5. The van der Waals surface area contributed by atoms with E-state index in [1.54, 1.807) is 6.07 Å². The second-order valence-corrected chi connectivity index (χ2v) is 18.5. The molecule has 0 radical (unpaired) electrons. The fourth-order valence-corrected chi connectivity index (χ4v) is 6.39. The van der Waals surface area contributed by atoms with Crippen molar-refractivity contribution in [3.05, 3.63) is 17.3 Å². The van der Waals surface area contributed by atoms with Crippen molar-refractivity contribution in [1.82, 2.24) is 15.3 Å². The van der Waals surface area contributed by atoms with E-state index >= 15 is 0 Å². The molecule has 1 N–H and O–H groups in total. The van der Waals surface area contributed by atoms with Crippen LogP contribution >= 0.6 is 11.3 Å². The number of nitrogens with one attached hydrogen (secondary N) is 1. The molecule has 1 amide bonds. The molecule has 2 heterocycles. The normalized spacial score (nSPS) is 19.1. The number of fused-ring (bicyclic) bond motifs is 1. The van der Waals surface area contributed by atoms with Crippen LogP contribution in [0.4, 0.5) is 23.8 Å². The van der Waals surface area contributed by atoms with E-state index in [2.05, 4.69) is 54.0 Å². The van der Waals surface area contributed by atoms with Crippen LogP contribution in [0.5, 0.6) is 0 Å². The van der Waals surface area contributed by atoms with Gasteiger partial charge in [0.25, 0.3) is 0 Å². The standard InChI is InChI=1S/C26H41F3N4O3SSi/c1-24(2,3)36-23(34)32-17-9-10-18(13-17)33(11-12-35-38(7,8)25(4,5)6)21-20-14-19(15-26(27,28)29)37-22(20)31-16-30-21/h14,16-18H,9-13,15H2,1-8H3,(H,32,34)/t17-,18+/m0/s1. The van der Waals surface area contributed by atoms with Crippen LogP contribution in [0, 0.1) is 0 Å². The summed E-state index contributed by atoms with van der Waals surface area (Å²) in [6.07, 6.45) is -2.09. The monoisotopic (exact) mass is 574 g/mol. The lowest BCUT2D eigenvalue weighted by atomic mass is 10.1. The van der Waals surface area contributed by atoms with Gasteiger partial charge in [-0.1, -0.05) is 20.8 Å². The summed E-state index contributed by atoms with van der Waals surface area (Å²) in [7, 11) is -2.00. The van der Waals surface area contributed by atoms with Crippen molar-refractivity contribution in [2.75, 3.05) is 18.1 Å². The highest BCUT2D eigenvalue weighted by Gasteiger charge is 2.38. The second kappa shape index (κ2) is 11.3. The van der Waals surface area contributed by atoms with Gasteiger partial charge in [0.2, 0.25) is 0 Å². The first kappa shape index (κ1) is 30.6. The number of nitrogens with zero attached hydrogens (tertiary/aromatic N) is 3. The summed E-state index contributed by atoms with van der Waals surface area (Å²) in [4.78, 5) is 24.0. The molecule has 0 unspecified atom stereocenters. The number of carbonyl (C=O) groups is 1. The highest BCUT2D eigenvalue weighted by molar-refractivity contribution is 7.18. The SMILES string of the molecule is CC(C)(C)OC(=O)N[C@H]1CC[C@@H](N(CCO[Si](C)(C)C(C)(C)C)c2ncnc3sc(CC(F)(F)F)cc23)C1. The molecule has 2 aromatic rings. The first-order valence-corrected chi connectivity index (χ1v) is 16.8. The van der Waals surface area contributed by atoms with E-state index in [0.717, 1.165) is 24.2 Å². The van der Waals surface area contributed by atoms with Gasteiger partial charge in [0.1, 0.15) is 22.6 Å². The highest BCUT2D eigenvalue weighted by Crippen LogP contribution is 2.38. The Labute approximate surface area is 228 Å². The van der Waals surface area contributed by atoms with Gasteiger partial charge in [0.05, 0.1) is 18.4 Å². The van der Waals surface area contributed by atoms with E-state index in [1.165, 1.54) is 6.33 Å². The molecule has 214 valence electrons. The number of anilines is 1. The summed E-state index contributed by atoms with van der Waals surface area (Å²) in [6, 6.07) is 1.52. The number of amides is 1. The van der Waals surface area contributed by atoms with Crippen molar-refractivity contribution in [2.24, 2.45) is 0 Å². The van der Waals surface area contributed by atoms with E-state index in [-0.39, 0.29) is 22.0 Å². The number of hydrogen-bond donors (Lipinski definition) is 1. The molecule has 3 rings (SSSR count). The Kier molecular flexibility index (Phi) is 9.09. The lowest BCUT2D eigenvalue weighted by Gasteiger charge is -2.38. The first-order chi connectivity index (χ1) is 17.3. The zero-order valence-electron chi connectivity index (χ0n) is 23.7. The molecule has 1 saturated carbocycles. The van der Waals surface area contributed by atoms with E-state index in [4.69, 9.17) is 9.16 Å². The number of carbonyl (C=O) groups excluding carboxylic acids is 1. The largest absolute Gasteiger partial charge is 0.444 e. The van der Waals surface area contributed by atoms with E-state index in [9.17, 15) is 18.0 Å². The molecular weight excluding hydrogens is 533 g/mol. The van der Waals surface area contributed by atoms with Crippen LogP contribution < -0.4 is 10.2 Å². The van der Waals surface area contributed by atoms with Crippen LogP contribution in [0.3, 0.4) is 0 Å². The van der Waals surface area contributed by atoms with Crippen LogP contribution in [0.25, 0.3) is 10.2 Å². The molecule has 1 aliphatic carbocycles. The van der Waals surface area contributed by atoms with Crippen LogP contribution in [0.1, 0.15) is 65.7 Å². The second-order valence-electron chi connectivity index (χ2n) is 12.5. The zero-order chi connectivity index (χ0) is 28.5. The van der Waals surface area contributed by atoms with Gasteiger partial charge in [-0.3, -0.25) is 0 Å². The Morgan fingerprint density at radius 3 is 2.45 bits per heavy atom. The Morgan fingerprint density at radius 2 is 1.84 bits per heavy atom. The topological polar surface area (TPSA) is 76.6 Å². The predicted octanol–water partition coefficient (Wildman–Crippen LogP) is 7.07. The lowest BCUT2D eigenvalue weighted by Crippen LogP contribution is -2.45. The molecule has 1 fully saturated rings. The average molecular weight is 575 g/mol. The summed E-state index contributed by atoms with van der Waals surface area (Å²) >= 11 is 1.05. The fourth-order valence-electron chi connectivity index (χ4n) is 4.33. The number of halogens is 3. The highest BCUT2D eigenvalue weighted by atomic mass is 32.1. The van der Waals surface area contributed by atoms with E-state index < -0.39 is 32.6 Å². The Morgan fingerprint density at radius 1 is 1.16 bits per heavy atom. The number of aromatic nitrogens is 2. The van der Waals surface area contributed by atoms with Gasteiger partial charge in [-0.25, -0.2) is 14.8 Å². The minimum atomic E-state index is -4.29. The average Bonchev–Trinajstić information content (AvgIpc) is 3.33. The van der Waals surface area contributed by atoms with Gasteiger partial charge >= 0.3 is 12.3 Å². The Hall–Kier alpha value is -1.92. The molecule has 0 aromatic carbocycles. The third-order valence-corrected chi connectivity index (χ3v) is 12.8. The number of thiophene rings is 1. The molecule has 7 nitrogen and oxygen atoms in total. The molecule has 38 heavy (non-hydrogen) atoms. The molecule has 0 aliphatic heterocycles. The Balaban J connectivity index is 1.85. The third kappa shape index (κ3) is 8.29. The quantitative estimate of drug-likeness (QED) is 0.340. The molecular formula is C26H41F3N4O3SSi. The molecule has 2 aromatic heterocycles. The van der Waals surface area contributed by atoms with Gasteiger partial charge in [0.15, 0.2) is 8.32 Å². The number of rotatable bonds is 8. The first-order valence-electron chi connectivity index (χ1n) is 13.0.